The number of ether oxygens (including phenoxy) is 1. The predicted octanol–water partition coefficient (Wildman–Crippen LogP) is 1.29. The van der Waals surface area contributed by atoms with E-state index >= 15 is 0 Å². The van der Waals surface area contributed by atoms with E-state index in [9.17, 15) is 0 Å². The van der Waals surface area contributed by atoms with E-state index in [4.69, 9.17) is 4.74 Å². The molecule has 1 atom stereocenters. The van der Waals surface area contributed by atoms with Gasteiger partial charge in [0.15, 0.2) is 0 Å². The van der Waals surface area contributed by atoms with Gasteiger partial charge in [0.05, 0.1) is 6.10 Å². The highest BCUT2D eigenvalue weighted by Crippen LogP contribution is 2.19. The monoisotopic (exact) mass is 212 g/mol. The van der Waals surface area contributed by atoms with E-state index in [1.54, 1.807) is 0 Å². The Bertz CT molecular complexity index is 172. The summed E-state index contributed by atoms with van der Waals surface area (Å²) in [6.45, 7) is 2.04. The Balaban J connectivity index is 1.59. The summed E-state index contributed by atoms with van der Waals surface area (Å²) >= 11 is 0. The zero-order chi connectivity index (χ0) is 10.5. The lowest BCUT2D eigenvalue weighted by atomic mass is 9.91. The zero-order valence-electron chi connectivity index (χ0n) is 9.80. The van der Waals surface area contributed by atoms with Crippen LogP contribution in [-0.2, 0) is 4.74 Å². The second-order valence-electron chi connectivity index (χ2n) is 4.88. The fourth-order valence-electron chi connectivity index (χ4n) is 2.69. The smallest absolute Gasteiger partial charge is 0.0700 e. The normalized spacial score (nSPS) is 37.0. The average Bonchev–Trinajstić information content (AvgIpc) is 2.80. The third-order valence-electron chi connectivity index (χ3n) is 3.79. The molecule has 1 aliphatic carbocycles. The van der Waals surface area contributed by atoms with E-state index in [1.165, 1.54) is 38.5 Å². The Morgan fingerprint density at radius 2 is 1.80 bits per heavy atom. The Hall–Kier alpha value is -0.120. The van der Waals surface area contributed by atoms with Crippen LogP contribution in [0.1, 0.15) is 38.5 Å². The van der Waals surface area contributed by atoms with Crippen molar-refractivity contribution >= 4 is 0 Å². The fraction of sp³-hybridized carbons (Fsp3) is 1.00. The summed E-state index contributed by atoms with van der Waals surface area (Å²) in [5, 5.41) is 7.02. The Morgan fingerprint density at radius 1 is 1.07 bits per heavy atom. The molecule has 1 unspecified atom stereocenters. The van der Waals surface area contributed by atoms with E-state index in [-0.39, 0.29) is 0 Å². The van der Waals surface area contributed by atoms with Gasteiger partial charge in [-0.2, -0.15) is 0 Å². The van der Waals surface area contributed by atoms with E-state index in [2.05, 4.69) is 17.7 Å². The first-order chi connectivity index (χ1) is 7.38. The van der Waals surface area contributed by atoms with Gasteiger partial charge in [0.1, 0.15) is 0 Å². The molecule has 0 amide bonds. The average molecular weight is 212 g/mol. The lowest BCUT2D eigenvalue weighted by Crippen LogP contribution is -2.41. The van der Waals surface area contributed by atoms with Crippen LogP contribution in [0.15, 0.2) is 0 Å². The van der Waals surface area contributed by atoms with Crippen molar-refractivity contribution in [3.63, 3.8) is 0 Å². The summed E-state index contributed by atoms with van der Waals surface area (Å²) in [4.78, 5) is 0. The van der Waals surface area contributed by atoms with Crippen LogP contribution in [-0.4, -0.2) is 38.4 Å². The highest BCUT2D eigenvalue weighted by Gasteiger charge is 2.21. The van der Waals surface area contributed by atoms with E-state index in [1.807, 2.05) is 0 Å². The van der Waals surface area contributed by atoms with Crippen LogP contribution in [0.5, 0.6) is 0 Å². The number of hydrogen-bond donors (Lipinski definition) is 2. The molecule has 0 radical (unpaired) electrons. The molecule has 1 saturated heterocycles. The van der Waals surface area contributed by atoms with Crippen LogP contribution < -0.4 is 10.6 Å². The molecule has 0 spiro atoms. The standard InChI is InChI=1S/C12H24N2O/c1-13-10-4-6-11(7-5-10)14-9-12-3-2-8-15-12/h10-14H,2-9H2,1H3. The molecule has 1 saturated carbocycles. The summed E-state index contributed by atoms with van der Waals surface area (Å²) in [5.74, 6) is 0. The van der Waals surface area contributed by atoms with Crippen LogP contribution in [0.4, 0.5) is 0 Å². The van der Waals surface area contributed by atoms with Gasteiger partial charge in [0, 0.05) is 25.2 Å². The molecule has 0 bridgehead atoms. The van der Waals surface area contributed by atoms with Gasteiger partial charge in [-0.15, -0.1) is 0 Å². The molecular formula is C12H24N2O. The molecule has 2 N–H and O–H groups in total. The first kappa shape index (κ1) is 11.4. The van der Waals surface area contributed by atoms with Crippen molar-refractivity contribution in [1.29, 1.82) is 0 Å². The molecule has 15 heavy (non-hydrogen) atoms. The number of rotatable bonds is 4. The highest BCUT2D eigenvalue weighted by atomic mass is 16.5. The van der Waals surface area contributed by atoms with Gasteiger partial charge in [-0.3, -0.25) is 0 Å². The van der Waals surface area contributed by atoms with Crippen molar-refractivity contribution in [2.45, 2.75) is 56.7 Å². The minimum atomic E-state index is 0.493. The molecule has 1 aliphatic heterocycles. The number of nitrogens with one attached hydrogen (secondary N) is 2. The molecule has 3 heteroatoms. The summed E-state index contributed by atoms with van der Waals surface area (Å²) < 4.78 is 5.61. The lowest BCUT2D eigenvalue weighted by Gasteiger charge is -2.29. The van der Waals surface area contributed by atoms with Gasteiger partial charge in [-0.1, -0.05) is 0 Å². The molecule has 1 heterocycles. The maximum absolute atomic E-state index is 5.61. The summed E-state index contributed by atoms with van der Waals surface area (Å²) in [5.41, 5.74) is 0. The SMILES string of the molecule is CNC1CCC(NCC2CCCO2)CC1. The maximum Gasteiger partial charge on any atom is 0.0700 e. The first-order valence-electron chi connectivity index (χ1n) is 6.40. The predicted molar refractivity (Wildman–Crippen MR) is 62.1 cm³/mol. The van der Waals surface area contributed by atoms with Gasteiger partial charge in [-0.25, -0.2) is 0 Å². The van der Waals surface area contributed by atoms with Crippen molar-refractivity contribution in [2.75, 3.05) is 20.2 Å². The second kappa shape index (κ2) is 5.83. The largest absolute Gasteiger partial charge is 0.377 e. The van der Waals surface area contributed by atoms with Crippen molar-refractivity contribution in [1.82, 2.24) is 10.6 Å². The Labute approximate surface area is 93.0 Å². The third-order valence-corrected chi connectivity index (χ3v) is 3.79. The number of hydrogen-bond acceptors (Lipinski definition) is 3. The molecule has 0 aromatic carbocycles. The molecule has 2 fully saturated rings. The van der Waals surface area contributed by atoms with Gasteiger partial charge in [0.25, 0.3) is 0 Å². The fourth-order valence-corrected chi connectivity index (χ4v) is 2.69. The van der Waals surface area contributed by atoms with E-state index in [0.717, 1.165) is 25.2 Å². The topological polar surface area (TPSA) is 33.3 Å². The quantitative estimate of drug-likeness (QED) is 0.736. The maximum atomic E-state index is 5.61. The van der Waals surface area contributed by atoms with Crippen molar-refractivity contribution < 1.29 is 4.74 Å². The van der Waals surface area contributed by atoms with Crippen LogP contribution in [0.25, 0.3) is 0 Å². The van der Waals surface area contributed by atoms with Crippen LogP contribution >= 0.6 is 0 Å². The van der Waals surface area contributed by atoms with Crippen LogP contribution in [0.3, 0.4) is 0 Å². The van der Waals surface area contributed by atoms with Crippen molar-refractivity contribution in [3.05, 3.63) is 0 Å². The lowest BCUT2D eigenvalue weighted by molar-refractivity contribution is 0.105. The summed E-state index contributed by atoms with van der Waals surface area (Å²) in [6, 6.07) is 1.49. The summed E-state index contributed by atoms with van der Waals surface area (Å²) in [7, 11) is 2.07. The Kier molecular flexibility index (Phi) is 4.42. The molecule has 88 valence electrons. The zero-order valence-corrected chi connectivity index (χ0v) is 9.80. The molecule has 0 aromatic rings. The molecule has 3 nitrogen and oxygen atoms in total. The van der Waals surface area contributed by atoms with Crippen LogP contribution in [0.2, 0.25) is 0 Å². The molecule has 0 aromatic heterocycles. The van der Waals surface area contributed by atoms with Crippen LogP contribution in [0, 0.1) is 0 Å². The summed E-state index contributed by atoms with van der Waals surface area (Å²) in [6.07, 6.45) is 8.26. The van der Waals surface area contributed by atoms with Gasteiger partial charge < -0.3 is 15.4 Å². The minimum absolute atomic E-state index is 0.493. The van der Waals surface area contributed by atoms with E-state index < -0.39 is 0 Å². The minimum Gasteiger partial charge on any atom is -0.377 e. The molecule has 2 rings (SSSR count). The Morgan fingerprint density at radius 3 is 2.40 bits per heavy atom. The van der Waals surface area contributed by atoms with Gasteiger partial charge >= 0.3 is 0 Å². The van der Waals surface area contributed by atoms with Gasteiger partial charge in [0.2, 0.25) is 0 Å². The van der Waals surface area contributed by atoms with Gasteiger partial charge in [-0.05, 0) is 45.6 Å². The first-order valence-corrected chi connectivity index (χ1v) is 6.40. The highest BCUT2D eigenvalue weighted by molar-refractivity contribution is 4.81. The van der Waals surface area contributed by atoms with Crippen molar-refractivity contribution in [3.8, 4) is 0 Å². The molecule has 2 aliphatic rings. The molecular weight excluding hydrogens is 188 g/mol. The second-order valence-corrected chi connectivity index (χ2v) is 4.88. The van der Waals surface area contributed by atoms with Crippen molar-refractivity contribution in [2.24, 2.45) is 0 Å². The third kappa shape index (κ3) is 3.44. The van der Waals surface area contributed by atoms with E-state index in [0.29, 0.717) is 6.10 Å².